The summed E-state index contributed by atoms with van der Waals surface area (Å²) in [6, 6.07) is 5.71. The van der Waals surface area contributed by atoms with Gasteiger partial charge >= 0.3 is 0 Å². The van der Waals surface area contributed by atoms with E-state index < -0.39 is 0 Å². The Morgan fingerprint density at radius 2 is 2.00 bits per heavy atom. The molecule has 0 bridgehead atoms. The van der Waals surface area contributed by atoms with E-state index >= 15 is 0 Å². The van der Waals surface area contributed by atoms with Crippen molar-refractivity contribution in [2.24, 2.45) is 0 Å². The molecule has 3 heteroatoms. The quantitative estimate of drug-likeness (QED) is 0.805. The lowest BCUT2D eigenvalue weighted by Crippen LogP contribution is -1.90. The molecule has 1 aromatic carbocycles. The Balaban J connectivity index is 2.86. The van der Waals surface area contributed by atoms with Crippen LogP contribution in [0, 0.1) is 6.92 Å². The van der Waals surface area contributed by atoms with Crippen molar-refractivity contribution in [1.82, 2.24) is 0 Å². The lowest BCUT2D eigenvalue weighted by Gasteiger charge is -2.03. The number of ether oxygens (including phenoxy) is 1. The second-order valence-electron chi connectivity index (χ2n) is 1.92. The van der Waals surface area contributed by atoms with Crippen molar-refractivity contribution in [3.05, 3.63) is 34.1 Å². The van der Waals surface area contributed by atoms with Gasteiger partial charge in [-0.15, -0.1) is 0 Å². The van der Waals surface area contributed by atoms with Gasteiger partial charge in [-0.05, 0) is 57.0 Å². The summed E-state index contributed by atoms with van der Waals surface area (Å²) in [5, 5.41) is 0. The maximum Gasteiger partial charge on any atom is 0.120 e. The average Bonchev–Trinajstić information content (AvgIpc) is 1.98. The Labute approximate surface area is 83.0 Å². The molecule has 0 aromatic heterocycles. The lowest BCUT2D eigenvalue weighted by atomic mass is 10.3. The summed E-state index contributed by atoms with van der Waals surface area (Å²) in [5.74, 6) is 0.829. The molecule has 0 atom stereocenters. The number of hydrogen-bond donors (Lipinski definition) is 0. The Morgan fingerprint density at radius 3 is 2.55 bits per heavy atom. The highest BCUT2D eigenvalue weighted by Gasteiger charge is 1.97. The highest BCUT2D eigenvalue weighted by molar-refractivity contribution is 9.13. The molecule has 0 N–H and O–H groups in total. The smallest absolute Gasteiger partial charge is 0.120 e. The molecular formula is C8H7Br2O. The van der Waals surface area contributed by atoms with Gasteiger partial charge < -0.3 is 4.74 Å². The average molecular weight is 279 g/mol. The summed E-state index contributed by atoms with van der Waals surface area (Å²) in [6.07, 6.45) is 0. The fourth-order valence-corrected chi connectivity index (χ4v) is 1.29. The minimum Gasteiger partial charge on any atom is -0.494 e. The van der Waals surface area contributed by atoms with Crippen LogP contribution in [-0.2, 0) is 0 Å². The van der Waals surface area contributed by atoms with E-state index in [1.54, 1.807) is 0 Å². The second-order valence-corrected chi connectivity index (χ2v) is 3.63. The van der Waals surface area contributed by atoms with Gasteiger partial charge in [0.2, 0.25) is 0 Å². The first-order chi connectivity index (χ1) is 5.24. The van der Waals surface area contributed by atoms with Crippen LogP contribution in [-0.4, -0.2) is 6.61 Å². The SMILES string of the molecule is [CH2]COc1ccc(Br)c(Br)c1. The zero-order valence-corrected chi connectivity index (χ0v) is 8.98. The van der Waals surface area contributed by atoms with Gasteiger partial charge in [0.1, 0.15) is 5.75 Å². The Morgan fingerprint density at radius 1 is 1.27 bits per heavy atom. The van der Waals surface area contributed by atoms with Gasteiger partial charge in [-0.3, -0.25) is 0 Å². The predicted molar refractivity (Wildman–Crippen MR) is 52.7 cm³/mol. The summed E-state index contributed by atoms with van der Waals surface area (Å²) >= 11 is 6.73. The maximum absolute atomic E-state index is 5.18. The zero-order chi connectivity index (χ0) is 8.27. The minimum absolute atomic E-state index is 0.452. The largest absolute Gasteiger partial charge is 0.494 e. The molecule has 0 spiro atoms. The van der Waals surface area contributed by atoms with E-state index in [-0.39, 0.29) is 0 Å². The number of benzene rings is 1. The van der Waals surface area contributed by atoms with Crippen LogP contribution in [0.3, 0.4) is 0 Å². The van der Waals surface area contributed by atoms with E-state index in [0.29, 0.717) is 6.61 Å². The van der Waals surface area contributed by atoms with Gasteiger partial charge in [-0.25, -0.2) is 0 Å². The van der Waals surface area contributed by atoms with Crippen LogP contribution in [0.2, 0.25) is 0 Å². The third kappa shape index (κ3) is 2.49. The molecule has 0 saturated carbocycles. The maximum atomic E-state index is 5.18. The van der Waals surface area contributed by atoms with Crippen LogP contribution < -0.4 is 4.74 Å². The molecule has 1 radical (unpaired) electrons. The fraction of sp³-hybridized carbons (Fsp3) is 0.125. The molecule has 59 valence electrons. The van der Waals surface area contributed by atoms with E-state index in [2.05, 4.69) is 38.8 Å². The zero-order valence-electron chi connectivity index (χ0n) is 5.81. The molecule has 0 heterocycles. The summed E-state index contributed by atoms with van der Waals surface area (Å²) in [6.45, 7) is 4.04. The van der Waals surface area contributed by atoms with Crippen LogP contribution in [0.1, 0.15) is 0 Å². The summed E-state index contributed by atoms with van der Waals surface area (Å²) in [4.78, 5) is 0. The lowest BCUT2D eigenvalue weighted by molar-refractivity contribution is 0.361. The molecular weight excluding hydrogens is 272 g/mol. The van der Waals surface area contributed by atoms with E-state index in [9.17, 15) is 0 Å². The molecule has 0 aliphatic heterocycles. The molecule has 0 unspecified atom stereocenters. The molecule has 1 nitrogen and oxygen atoms in total. The summed E-state index contributed by atoms with van der Waals surface area (Å²) < 4.78 is 7.19. The first kappa shape index (κ1) is 9.07. The fourth-order valence-electron chi connectivity index (χ4n) is 0.684. The second kappa shape index (κ2) is 4.12. The summed E-state index contributed by atoms with van der Waals surface area (Å²) in [5.41, 5.74) is 0. The van der Waals surface area contributed by atoms with E-state index in [1.165, 1.54) is 0 Å². The van der Waals surface area contributed by atoms with Crippen molar-refractivity contribution in [1.29, 1.82) is 0 Å². The minimum atomic E-state index is 0.452. The highest BCUT2D eigenvalue weighted by Crippen LogP contribution is 2.26. The first-order valence-corrected chi connectivity index (χ1v) is 4.69. The molecule has 0 fully saturated rings. The third-order valence-corrected chi connectivity index (χ3v) is 3.04. The standard InChI is InChI=1S/C8H7Br2O/c1-2-11-6-3-4-7(9)8(10)5-6/h3-5H,1-2H2. The number of hydrogen-bond acceptors (Lipinski definition) is 1. The van der Waals surface area contributed by atoms with Gasteiger partial charge in [0, 0.05) is 8.95 Å². The van der Waals surface area contributed by atoms with Crippen molar-refractivity contribution in [3.8, 4) is 5.75 Å². The van der Waals surface area contributed by atoms with E-state index in [4.69, 9.17) is 4.74 Å². The predicted octanol–water partition coefficient (Wildman–Crippen LogP) is 3.42. The van der Waals surface area contributed by atoms with Gasteiger partial charge in [-0.1, -0.05) is 0 Å². The normalized spacial score (nSPS) is 9.73. The van der Waals surface area contributed by atoms with Crippen molar-refractivity contribution < 1.29 is 4.74 Å². The Bertz CT molecular complexity index is 248. The van der Waals surface area contributed by atoms with E-state index in [0.717, 1.165) is 14.7 Å². The van der Waals surface area contributed by atoms with Crippen molar-refractivity contribution in [2.75, 3.05) is 6.61 Å². The van der Waals surface area contributed by atoms with Gasteiger partial charge in [-0.2, -0.15) is 0 Å². The van der Waals surface area contributed by atoms with Crippen LogP contribution >= 0.6 is 31.9 Å². The highest BCUT2D eigenvalue weighted by atomic mass is 79.9. The molecule has 0 aliphatic carbocycles. The van der Waals surface area contributed by atoms with Crippen LogP contribution in [0.25, 0.3) is 0 Å². The monoisotopic (exact) mass is 277 g/mol. The van der Waals surface area contributed by atoms with Crippen LogP contribution in [0.4, 0.5) is 0 Å². The van der Waals surface area contributed by atoms with Crippen LogP contribution in [0.15, 0.2) is 27.1 Å². The Kier molecular flexibility index (Phi) is 3.40. The van der Waals surface area contributed by atoms with Crippen LogP contribution in [0.5, 0.6) is 5.75 Å². The topological polar surface area (TPSA) is 9.23 Å². The van der Waals surface area contributed by atoms with Gasteiger partial charge in [0.05, 0.1) is 6.61 Å². The van der Waals surface area contributed by atoms with Crippen molar-refractivity contribution in [3.63, 3.8) is 0 Å². The molecule has 0 saturated heterocycles. The molecule has 1 rings (SSSR count). The van der Waals surface area contributed by atoms with Crippen molar-refractivity contribution >= 4 is 31.9 Å². The molecule has 0 amide bonds. The first-order valence-electron chi connectivity index (χ1n) is 3.11. The van der Waals surface area contributed by atoms with Gasteiger partial charge in [0.25, 0.3) is 0 Å². The Hall–Kier alpha value is -0.0200. The molecule has 1 aromatic rings. The van der Waals surface area contributed by atoms with Crippen molar-refractivity contribution in [2.45, 2.75) is 0 Å². The number of rotatable bonds is 2. The van der Waals surface area contributed by atoms with Gasteiger partial charge in [0.15, 0.2) is 0 Å². The summed E-state index contributed by atoms with van der Waals surface area (Å²) in [7, 11) is 0. The molecule has 11 heavy (non-hydrogen) atoms. The number of halogens is 2. The third-order valence-electron chi connectivity index (χ3n) is 1.16. The van der Waals surface area contributed by atoms with E-state index in [1.807, 2.05) is 18.2 Å². The molecule has 0 aliphatic rings.